The monoisotopic (exact) mass is 432 g/mol. The van der Waals surface area contributed by atoms with E-state index in [1.165, 1.54) is 65.5 Å². The first-order chi connectivity index (χ1) is 16.9. The lowest BCUT2D eigenvalue weighted by Gasteiger charge is -2.12. The Kier molecular flexibility index (Phi) is 3.42. The molecule has 0 spiro atoms. The number of benzene rings is 5. The lowest BCUT2D eigenvalue weighted by atomic mass is 10.0. The fourth-order valence-corrected chi connectivity index (χ4v) is 5.82. The molecule has 0 fully saturated rings. The summed E-state index contributed by atoms with van der Waals surface area (Å²) in [5.74, 6) is 0. The van der Waals surface area contributed by atoms with Crippen LogP contribution in [0.5, 0.6) is 0 Å². The largest absolute Gasteiger partial charge is 0.315 e. The smallest absolute Gasteiger partial charge is 0.0613 e. The lowest BCUT2D eigenvalue weighted by Crippen LogP contribution is -1.94. The molecule has 0 amide bonds. The van der Waals surface area contributed by atoms with Gasteiger partial charge < -0.3 is 8.97 Å². The van der Waals surface area contributed by atoms with Gasteiger partial charge in [-0.3, -0.25) is 0 Å². The van der Waals surface area contributed by atoms with Gasteiger partial charge in [0, 0.05) is 44.2 Å². The van der Waals surface area contributed by atoms with Crippen LogP contribution in [-0.4, -0.2) is 8.97 Å². The summed E-state index contributed by atoms with van der Waals surface area (Å²) in [6.45, 7) is 0. The average molecular weight is 433 g/mol. The molecule has 0 unspecified atom stereocenters. The fraction of sp³-hybridized carbons (Fsp3) is 0. The standard InChI is InChI=1S/C32H20N2/c1-2-11-22(12-3-1)34-30-17-9-7-15-25(30)27-18-28-26(19-31(27)34)24-14-6-8-16-29(24)33-20-21-10-4-5-13-23(21)32(28)33/h1-20H. The minimum atomic E-state index is 1.19. The van der Waals surface area contributed by atoms with Gasteiger partial charge in [0.15, 0.2) is 0 Å². The van der Waals surface area contributed by atoms with Gasteiger partial charge in [-0.2, -0.15) is 0 Å². The Morgan fingerprint density at radius 2 is 1.06 bits per heavy atom. The molecule has 0 N–H and O–H groups in total. The quantitative estimate of drug-likeness (QED) is 0.230. The second kappa shape index (κ2) is 6.49. The number of rotatable bonds is 1. The van der Waals surface area contributed by atoms with Crippen LogP contribution in [-0.2, 0) is 0 Å². The molecule has 0 aliphatic rings. The summed E-state index contributed by atoms with van der Waals surface area (Å²) < 4.78 is 4.78. The molecule has 158 valence electrons. The molecular weight excluding hydrogens is 412 g/mol. The molecule has 3 heterocycles. The van der Waals surface area contributed by atoms with Crippen LogP contribution in [0.1, 0.15) is 0 Å². The van der Waals surface area contributed by atoms with Crippen molar-refractivity contribution in [3.63, 3.8) is 0 Å². The molecule has 2 nitrogen and oxygen atoms in total. The summed E-state index contributed by atoms with van der Waals surface area (Å²) in [7, 11) is 0. The molecule has 0 bridgehead atoms. The summed E-state index contributed by atoms with van der Waals surface area (Å²) in [5.41, 5.74) is 6.18. The van der Waals surface area contributed by atoms with Gasteiger partial charge in [0.25, 0.3) is 0 Å². The van der Waals surface area contributed by atoms with Gasteiger partial charge in [-0.1, -0.05) is 78.9 Å². The summed E-state index contributed by atoms with van der Waals surface area (Å²) in [4.78, 5) is 0. The van der Waals surface area contributed by atoms with Crippen molar-refractivity contribution in [3.8, 4) is 5.69 Å². The van der Waals surface area contributed by atoms with Crippen molar-refractivity contribution >= 4 is 59.8 Å². The van der Waals surface area contributed by atoms with Crippen LogP contribution in [0.25, 0.3) is 65.5 Å². The Bertz CT molecular complexity index is 2060. The zero-order chi connectivity index (χ0) is 22.2. The zero-order valence-corrected chi connectivity index (χ0v) is 18.4. The van der Waals surface area contributed by atoms with Crippen LogP contribution in [0.15, 0.2) is 121 Å². The summed E-state index contributed by atoms with van der Waals surface area (Å²) in [5, 5.41) is 9.00. The van der Waals surface area contributed by atoms with Gasteiger partial charge in [-0.05, 0) is 41.8 Å². The zero-order valence-electron chi connectivity index (χ0n) is 18.4. The number of hydrogen-bond donors (Lipinski definition) is 0. The molecule has 0 saturated carbocycles. The lowest BCUT2D eigenvalue weighted by molar-refractivity contribution is 1.18. The molecule has 34 heavy (non-hydrogen) atoms. The van der Waals surface area contributed by atoms with Gasteiger partial charge in [0.05, 0.1) is 22.1 Å². The Hall–Kier alpha value is -4.56. The summed E-state index contributed by atoms with van der Waals surface area (Å²) in [6.07, 6.45) is 2.28. The van der Waals surface area contributed by atoms with Gasteiger partial charge in [0.2, 0.25) is 0 Å². The van der Waals surface area contributed by atoms with Crippen molar-refractivity contribution in [1.82, 2.24) is 8.97 Å². The van der Waals surface area contributed by atoms with E-state index in [1.54, 1.807) is 0 Å². The fourth-order valence-electron chi connectivity index (χ4n) is 5.82. The van der Waals surface area contributed by atoms with Crippen LogP contribution in [0.3, 0.4) is 0 Å². The highest BCUT2D eigenvalue weighted by molar-refractivity contribution is 6.24. The second-order valence-corrected chi connectivity index (χ2v) is 9.06. The van der Waals surface area contributed by atoms with Crippen molar-refractivity contribution in [2.75, 3.05) is 0 Å². The molecule has 3 aromatic heterocycles. The van der Waals surface area contributed by atoms with E-state index in [9.17, 15) is 0 Å². The molecule has 0 atom stereocenters. The van der Waals surface area contributed by atoms with Crippen LogP contribution in [0, 0.1) is 0 Å². The van der Waals surface area contributed by atoms with Gasteiger partial charge in [-0.25, -0.2) is 0 Å². The maximum absolute atomic E-state index is 2.42. The SMILES string of the molecule is c1ccc(-n2c3ccccc3c3cc4c(cc32)c2ccccc2n2cc3ccccc3c42)cc1. The van der Waals surface area contributed by atoms with Crippen LogP contribution in [0.2, 0.25) is 0 Å². The first-order valence-corrected chi connectivity index (χ1v) is 11.7. The Morgan fingerprint density at radius 3 is 1.88 bits per heavy atom. The molecule has 8 aromatic rings. The molecule has 8 rings (SSSR count). The van der Waals surface area contributed by atoms with Crippen LogP contribution in [0.4, 0.5) is 0 Å². The highest BCUT2D eigenvalue weighted by Crippen LogP contribution is 2.40. The number of fused-ring (bicyclic) bond motifs is 11. The maximum atomic E-state index is 2.42. The van der Waals surface area contributed by atoms with Crippen molar-refractivity contribution in [1.29, 1.82) is 0 Å². The van der Waals surface area contributed by atoms with Crippen molar-refractivity contribution in [2.24, 2.45) is 0 Å². The minimum Gasteiger partial charge on any atom is -0.315 e. The first-order valence-electron chi connectivity index (χ1n) is 11.7. The Morgan fingerprint density at radius 1 is 0.412 bits per heavy atom. The van der Waals surface area contributed by atoms with Crippen LogP contribution < -0.4 is 0 Å². The normalized spacial score (nSPS) is 12.1. The van der Waals surface area contributed by atoms with E-state index in [-0.39, 0.29) is 0 Å². The number of pyridine rings is 1. The van der Waals surface area contributed by atoms with Gasteiger partial charge in [-0.15, -0.1) is 0 Å². The van der Waals surface area contributed by atoms with Crippen molar-refractivity contribution in [2.45, 2.75) is 0 Å². The van der Waals surface area contributed by atoms with Crippen molar-refractivity contribution in [3.05, 3.63) is 121 Å². The molecule has 0 aliphatic carbocycles. The second-order valence-electron chi connectivity index (χ2n) is 9.06. The third-order valence-electron chi connectivity index (χ3n) is 7.26. The predicted octanol–water partition coefficient (Wildman–Crippen LogP) is 8.50. The molecular formula is C32H20N2. The Labute approximate surface area is 195 Å². The van der Waals surface area contributed by atoms with E-state index in [2.05, 4.69) is 130 Å². The molecule has 2 heteroatoms. The minimum absolute atomic E-state index is 1.19. The molecule has 5 aromatic carbocycles. The van der Waals surface area contributed by atoms with E-state index >= 15 is 0 Å². The van der Waals surface area contributed by atoms with Crippen LogP contribution >= 0.6 is 0 Å². The predicted molar refractivity (Wildman–Crippen MR) is 144 cm³/mol. The molecule has 0 saturated heterocycles. The van der Waals surface area contributed by atoms with Gasteiger partial charge >= 0.3 is 0 Å². The highest BCUT2D eigenvalue weighted by atomic mass is 15.0. The number of para-hydroxylation sites is 3. The molecule has 0 aliphatic heterocycles. The molecule has 0 radical (unpaired) electrons. The van der Waals surface area contributed by atoms with E-state index in [1.807, 2.05) is 0 Å². The Balaban J connectivity index is 1.68. The van der Waals surface area contributed by atoms with E-state index in [0.717, 1.165) is 0 Å². The van der Waals surface area contributed by atoms with E-state index in [0.29, 0.717) is 0 Å². The van der Waals surface area contributed by atoms with Gasteiger partial charge in [0.1, 0.15) is 0 Å². The van der Waals surface area contributed by atoms with E-state index in [4.69, 9.17) is 0 Å². The number of nitrogens with zero attached hydrogens (tertiary/aromatic N) is 2. The summed E-state index contributed by atoms with van der Waals surface area (Å²) in [6, 6.07) is 41.8. The third-order valence-corrected chi connectivity index (χ3v) is 7.26. The summed E-state index contributed by atoms with van der Waals surface area (Å²) >= 11 is 0. The average Bonchev–Trinajstić information content (AvgIpc) is 3.44. The first kappa shape index (κ1) is 17.9. The topological polar surface area (TPSA) is 9.34 Å². The number of aromatic nitrogens is 2. The highest BCUT2D eigenvalue weighted by Gasteiger charge is 2.17. The van der Waals surface area contributed by atoms with Crippen molar-refractivity contribution < 1.29 is 0 Å². The third kappa shape index (κ3) is 2.24. The number of hydrogen-bond acceptors (Lipinski definition) is 0. The maximum Gasteiger partial charge on any atom is 0.0613 e. The van der Waals surface area contributed by atoms with E-state index < -0.39 is 0 Å².